The zero-order valence-electron chi connectivity index (χ0n) is 25.2. The van der Waals surface area contributed by atoms with Crippen LogP contribution in [-0.4, -0.2) is 56.7 Å². The molecular weight excluding hydrogens is 610 g/mol. The lowest BCUT2D eigenvalue weighted by Crippen LogP contribution is -2.18. The summed E-state index contributed by atoms with van der Waals surface area (Å²) >= 11 is 0. The molecule has 2 heterocycles. The van der Waals surface area contributed by atoms with E-state index in [1.54, 1.807) is 30.1 Å². The predicted octanol–water partition coefficient (Wildman–Crippen LogP) is 6.38. The van der Waals surface area contributed by atoms with Crippen molar-refractivity contribution in [3.8, 4) is 5.75 Å². The molecule has 2 aromatic carbocycles. The Balaban J connectivity index is 1.47. The average molecular weight is 648 g/mol. The van der Waals surface area contributed by atoms with Gasteiger partial charge in [0, 0.05) is 25.4 Å². The summed E-state index contributed by atoms with van der Waals surface area (Å²) in [5.74, 6) is -0.432. The van der Waals surface area contributed by atoms with Gasteiger partial charge in [-0.3, -0.25) is 9.36 Å². The summed E-state index contributed by atoms with van der Waals surface area (Å²) in [5.41, 5.74) is 2.12. The first-order valence-electron chi connectivity index (χ1n) is 14.9. The predicted molar refractivity (Wildman–Crippen MR) is 165 cm³/mol. The van der Waals surface area contributed by atoms with E-state index in [9.17, 15) is 32.5 Å². The molecule has 1 amide bonds. The number of benzene rings is 2. The lowest BCUT2D eigenvalue weighted by Gasteiger charge is -2.27. The van der Waals surface area contributed by atoms with Crippen molar-refractivity contribution in [2.75, 3.05) is 24.8 Å². The highest BCUT2D eigenvalue weighted by Gasteiger charge is 2.37. The van der Waals surface area contributed by atoms with E-state index in [1.165, 1.54) is 13.2 Å². The lowest BCUT2D eigenvalue weighted by atomic mass is 9.80. The van der Waals surface area contributed by atoms with Crippen LogP contribution in [0.2, 0.25) is 0 Å². The second kappa shape index (κ2) is 13.4. The van der Waals surface area contributed by atoms with Crippen molar-refractivity contribution >= 4 is 37.1 Å². The molecule has 3 aromatic rings. The number of alkyl halides is 3. The molecule has 2 atom stereocenters. The van der Waals surface area contributed by atoms with Gasteiger partial charge < -0.3 is 30.3 Å². The normalized spacial score (nSPS) is 19.6. The van der Waals surface area contributed by atoms with Crippen LogP contribution in [0.5, 0.6) is 5.75 Å². The molecule has 242 valence electrons. The maximum absolute atomic E-state index is 14.0. The van der Waals surface area contributed by atoms with Crippen molar-refractivity contribution in [3.63, 3.8) is 0 Å². The van der Waals surface area contributed by atoms with Gasteiger partial charge in [-0.1, -0.05) is 19.1 Å². The van der Waals surface area contributed by atoms with Gasteiger partial charge in [-0.2, -0.15) is 18.2 Å². The van der Waals surface area contributed by atoms with Gasteiger partial charge in [0.1, 0.15) is 17.1 Å². The lowest BCUT2D eigenvalue weighted by molar-refractivity contribution is -0.137. The molecule has 0 radical (unpaired) electrons. The van der Waals surface area contributed by atoms with Crippen LogP contribution in [0, 0.1) is 0 Å². The van der Waals surface area contributed by atoms with Crippen LogP contribution >= 0.6 is 8.03 Å². The molecule has 1 aliphatic heterocycles. The van der Waals surface area contributed by atoms with Gasteiger partial charge in [0.2, 0.25) is 5.95 Å². The molecule has 4 N–H and O–H groups in total. The number of aromatic nitrogens is 2. The van der Waals surface area contributed by atoms with Crippen molar-refractivity contribution in [2.45, 2.75) is 75.9 Å². The molecule has 10 nitrogen and oxygen atoms in total. The SMILES string of the molecule is CCC(Cc1ccc(Nc2nc(Nc3ccc([C@H]4CC[C@H](O)CC4)c4c3C(=O)N(C)C4)ncc2C(F)(F)F)c(OC)c1)[PH](=O)O. The summed E-state index contributed by atoms with van der Waals surface area (Å²) in [7, 11) is 0.314. The van der Waals surface area contributed by atoms with Crippen molar-refractivity contribution in [3.05, 3.63) is 64.3 Å². The van der Waals surface area contributed by atoms with E-state index in [1.807, 2.05) is 13.0 Å². The minimum absolute atomic E-state index is 0.141. The maximum Gasteiger partial charge on any atom is 0.421 e. The number of ether oxygens (including phenoxy) is 1. The van der Waals surface area contributed by atoms with E-state index in [0.29, 0.717) is 55.2 Å². The minimum atomic E-state index is -4.77. The number of amides is 1. The Morgan fingerprint density at radius 1 is 1.13 bits per heavy atom. The zero-order valence-corrected chi connectivity index (χ0v) is 26.2. The Morgan fingerprint density at radius 2 is 1.84 bits per heavy atom. The second-order valence-corrected chi connectivity index (χ2v) is 13.1. The van der Waals surface area contributed by atoms with Crippen molar-refractivity contribution in [1.82, 2.24) is 14.9 Å². The Hall–Kier alpha value is -3.67. The van der Waals surface area contributed by atoms with E-state index in [2.05, 4.69) is 20.6 Å². The molecule has 2 aliphatic rings. The van der Waals surface area contributed by atoms with Gasteiger partial charge in [0.05, 0.1) is 30.2 Å². The van der Waals surface area contributed by atoms with Crippen LogP contribution in [0.1, 0.15) is 77.6 Å². The third kappa shape index (κ3) is 7.10. The summed E-state index contributed by atoms with van der Waals surface area (Å²) in [5, 5.41) is 15.7. The molecule has 45 heavy (non-hydrogen) atoms. The number of aliphatic hydroxyl groups excluding tert-OH is 1. The molecule has 2 unspecified atom stereocenters. The number of nitrogens with zero attached hydrogens (tertiary/aromatic N) is 3. The van der Waals surface area contributed by atoms with Crippen molar-refractivity contribution < 1.29 is 37.3 Å². The number of hydrogen-bond donors (Lipinski definition) is 4. The molecule has 1 saturated carbocycles. The van der Waals surface area contributed by atoms with E-state index in [4.69, 9.17) is 4.74 Å². The third-order valence-corrected chi connectivity index (χ3v) is 9.94. The van der Waals surface area contributed by atoms with Gasteiger partial charge in [0.25, 0.3) is 5.91 Å². The molecule has 0 saturated heterocycles. The summed E-state index contributed by atoms with van der Waals surface area (Å²) in [6.45, 7) is 2.22. The summed E-state index contributed by atoms with van der Waals surface area (Å²) < 4.78 is 59.2. The molecule has 1 aliphatic carbocycles. The van der Waals surface area contributed by atoms with Crippen LogP contribution in [0.15, 0.2) is 36.5 Å². The number of fused-ring (bicyclic) bond motifs is 1. The number of hydrogen-bond acceptors (Lipinski definition) is 8. The van der Waals surface area contributed by atoms with Crippen LogP contribution in [0.4, 0.5) is 36.3 Å². The van der Waals surface area contributed by atoms with Gasteiger partial charge in [-0.05, 0) is 79.3 Å². The number of carbonyl (C=O) groups is 1. The molecule has 0 bridgehead atoms. The van der Waals surface area contributed by atoms with Gasteiger partial charge in [0.15, 0.2) is 8.03 Å². The van der Waals surface area contributed by atoms with Crippen LogP contribution < -0.4 is 15.4 Å². The monoisotopic (exact) mass is 647 g/mol. The fourth-order valence-electron chi connectivity index (χ4n) is 6.10. The number of halogens is 3. The van der Waals surface area contributed by atoms with Crippen LogP contribution in [-0.2, 0) is 23.7 Å². The molecular formula is C31H37F3N5O5P. The topological polar surface area (TPSA) is 137 Å². The summed E-state index contributed by atoms with van der Waals surface area (Å²) in [6, 6.07) is 8.48. The van der Waals surface area contributed by atoms with Gasteiger partial charge in [-0.25, -0.2) is 4.98 Å². The number of anilines is 4. The number of rotatable bonds is 10. The molecule has 1 aromatic heterocycles. The van der Waals surface area contributed by atoms with E-state index >= 15 is 0 Å². The van der Waals surface area contributed by atoms with Gasteiger partial charge >= 0.3 is 6.18 Å². The number of methoxy groups -OCH3 is 1. The van der Waals surface area contributed by atoms with Gasteiger partial charge in [-0.15, -0.1) is 0 Å². The smallest absolute Gasteiger partial charge is 0.421 e. The molecule has 1 fully saturated rings. The number of aliphatic hydroxyl groups is 1. The van der Waals surface area contributed by atoms with Crippen LogP contribution in [0.3, 0.4) is 0 Å². The first-order chi connectivity index (χ1) is 21.4. The highest BCUT2D eigenvalue weighted by molar-refractivity contribution is 7.38. The average Bonchev–Trinajstić information content (AvgIpc) is 3.30. The molecule has 5 rings (SSSR count). The van der Waals surface area contributed by atoms with Crippen molar-refractivity contribution in [1.29, 1.82) is 0 Å². The number of nitrogens with one attached hydrogen (secondary N) is 2. The molecule has 14 heteroatoms. The van der Waals surface area contributed by atoms with E-state index in [-0.39, 0.29) is 35.3 Å². The minimum Gasteiger partial charge on any atom is -0.495 e. The van der Waals surface area contributed by atoms with Crippen molar-refractivity contribution in [2.24, 2.45) is 0 Å². The van der Waals surface area contributed by atoms with E-state index < -0.39 is 31.2 Å². The Kier molecular flexibility index (Phi) is 9.71. The standard InChI is InChI=1S/C31H37F3N5O5P/c1-4-20(45(42)43)13-17-5-11-24(26(14-17)44-3)36-28-23(31(32,33)34)15-35-30(38-28)37-25-12-10-21(18-6-8-19(40)9-7-18)22-16-39(2)29(41)27(22)25/h5,10-12,14-15,18-20,40,45H,4,6-9,13,16H2,1-3H3,(H,42,43)(H2,35,36,37,38)/t18-,19-,20?. The first kappa shape index (κ1) is 32.7. The highest BCUT2D eigenvalue weighted by Crippen LogP contribution is 2.42. The maximum atomic E-state index is 14.0. The summed E-state index contributed by atoms with van der Waals surface area (Å²) in [4.78, 5) is 32.5. The molecule has 0 spiro atoms. The van der Waals surface area contributed by atoms with Crippen LogP contribution in [0.25, 0.3) is 0 Å². The number of carbonyl (C=O) groups excluding carboxylic acids is 1. The first-order valence-corrected chi connectivity index (χ1v) is 16.3. The third-order valence-electron chi connectivity index (χ3n) is 8.63. The highest BCUT2D eigenvalue weighted by atomic mass is 31.1. The fraction of sp³-hybridized carbons (Fsp3) is 0.452. The van der Waals surface area contributed by atoms with E-state index in [0.717, 1.165) is 24.0 Å². The zero-order chi connectivity index (χ0) is 32.5. The largest absolute Gasteiger partial charge is 0.495 e. The Labute approximate surface area is 259 Å². The fourth-order valence-corrected chi connectivity index (χ4v) is 6.86. The second-order valence-electron chi connectivity index (χ2n) is 11.6. The quantitative estimate of drug-likeness (QED) is 0.185. The Bertz CT molecular complexity index is 1600. The summed E-state index contributed by atoms with van der Waals surface area (Å²) in [6.07, 6.45) is -0.599. The Morgan fingerprint density at radius 3 is 2.49 bits per heavy atom.